The Morgan fingerprint density at radius 3 is 2.57 bits per heavy atom. The molecule has 148 valence electrons. The fraction of sp³-hybridized carbons (Fsp3) is 0.350. The van der Waals surface area contributed by atoms with E-state index in [0.29, 0.717) is 55.3 Å². The molecule has 0 N–H and O–H groups in total. The van der Waals surface area contributed by atoms with Crippen molar-refractivity contribution in [3.63, 3.8) is 0 Å². The third-order valence-corrected chi connectivity index (χ3v) is 4.86. The number of halogens is 2. The van der Waals surface area contributed by atoms with Crippen LogP contribution in [0.4, 0.5) is 8.78 Å². The summed E-state index contributed by atoms with van der Waals surface area (Å²) in [5.41, 5.74) is 1.27. The number of hydrogen-bond acceptors (Lipinski definition) is 5. The lowest BCUT2D eigenvalue weighted by Crippen LogP contribution is -2.48. The van der Waals surface area contributed by atoms with E-state index in [1.807, 2.05) is 0 Å². The number of piperazine rings is 1. The molecule has 8 heteroatoms. The smallest absolute Gasteiger partial charge is 0.387 e. The number of alkyl halides is 2. The van der Waals surface area contributed by atoms with Gasteiger partial charge in [0.05, 0.1) is 0 Å². The standard InChI is InChI=1S/C20H20F2N2O4/c21-20(22)28-16-4-2-1-3-15(16)12-23-7-9-24(10-8-23)19(25)14-5-6-17-18(11-14)27-13-26-17/h1-6,11,20H,7-10,12-13H2. The third-order valence-electron chi connectivity index (χ3n) is 4.86. The van der Waals surface area contributed by atoms with Gasteiger partial charge in [0.15, 0.2) is 11.5 Å². The van der Waals surface area contributed by atoms with Gasteiger partial charge in [-0.25, -0.2) is 0 Å². The molecule has 1 saturated heterocycles. The first-order valence-electron chi connectivity index (χ1n) is 9.04. The van der Waals surface area contributed by atoms with Crippen LogP contribution in [0.2, 0.25) is 0 Å². The van der Waals surface area contributed by atoms with Crippen molar-refractivity contribution in [3.05, 3.63) is 53.6 Å². The zero-order chi connectivity index (χ0) is 19.5. The summed E-state index contributed by atoms with van der Waals surface area (Å²) in [5.74, 6) is 1.36. The highest BCUT2D eigenvalue weighted by Gasteiger charge is 2.24. The van der Waals surface area contributed by atoms with Gasteiger partial charge >= 0.3 is 6.61 Å². The molecule has 1 amide bonds. The molecule has 0 atom stereocenters. The Bertz CT molecular complexity index is 854. The second-order valence-corrected chi connectivity index (χ2v) is 6.62. The molecule has 0 aliphatic carbocycles. The predicted molar refractivity (Wildman–Crippen MR) is 96.8 cm³/mol. The number of amides is 1. The number of carbonyl (C=O) groups excluding carboxylic acids is 1. The molecule has 4 rings (SSSR count). The maximum Gasteiger partial charge on any atom is 0.387 e. The Hall–Kier alpha value is -2.87. The lowest BCUT2D eigenvalue weighted by molar-refractivity contribution is -0.0508. The van der Waals surface area contributed by atoms with Crippen LogP contribution >= 0.6 is 0 Å². The first-order valence-corrected chi connectivity index (χ1v) is 9.04. The fourth-order valence-electron chi connectivity index (χ4n) is 3.41. The van der Waals surface area contributed by atoms with Crippen molar-refractivity contribution < 1.29 is 27.8 Å². The molecule has 2 aromatic rings. The van der Waals surface area contributed by atoms with Crippen molar-refractivity contribution in [1.29, 1.82) is 0 Å². The summed E-state index contributed by atoms with van der Waals surface area (Å²) >= 11 is 0. The highest BCUT2D eigenvalue weighted by molar-refractivity contribution is 5.95. The van der Waals surface area contributed by atoms with Gasteiger partial charge in [0.1, 0.15) is 5.75 Å². The van der Waals surface area contributed by atoms with Crippen molar-refractivity contribution in [2.45, 2.75) is 13.2 Å². The van der Waals surface area contributed by atoms with E-state index in [1.54, 1.807) is 47.4 Å². The van der Waals surface area contributed by atoms with Crippen LogP contribution in [-0.2, 0) is 6.54 Å². The number of fused-ring (bicyclic) bond motifs is 1. The van der Waals surface area contributed by atoms with Crippen molar-refractivity contribution in [2.24, 2.45) is 0 Å². The van der Waals surface area contributed by atoms with Crippen molar-refractivity contribution >= 4 is 5.91 Å². The topological polar surface area (TPSA) is 51.2 Å². The maximum atomic E-state index is 12.7. The Morgan fingerprint density at radius 2 is 1.79 bits per heavy atom. The number of rotatable bonds is 5. The molecule has 1 fully saturated rings. The number of nitrogens with zero attached hydrogens (tertiary/aromatic N) is 2. The highest BCUT2D eigenvalue weighted by Crippen LogP contribution is 2.33. The molecule has 0 radical (unpaired) electrons. The average Bonchev–Trinajstić information content (AvgIpc) is 3.17. The number of hydrogen-bond donors (Lipinski definition) is 0. The number of benzene rings is 2. The minimum atomic E-state index is -2.85. The fourth-order valence-corrected chi connectivity index (χ4v) is 3.41. The van der Waals surface area contributed by atoms with Gasteiger partial charge in [-0.1, -0.05) is 18.2 Å². The van der Waals surface area contributed by atoms with Crippen LogP contribution in [-0.4, -0.2) is 55.3 Å². The maximum absolute atomic E-state index is 12.7. The largest absolute Gasteiger partial charge is 0.454 e. The van der Waals surface area contributed by atoms with Gasteiger partial charge in [0, 0.05) is 43.9 Å². The summed E-state index contributed by atoms with van der Waals surface area (Å²) in [5, 5.41) is 0. The summed E-state index contributed by atoms with van der Waals surface area (Å²) in [7, 11) is 0. The first-order chi connectivity index (χ1) is 13.6. The van der Waals surface area contributed by atoms with Crippen LogP contribution in [0.3, 0.4) is 0 Å². The van der Waals surface area contributed by atoms with Crippen LogP contribution in [0.15, 0.2) is 42.5 Å². The molecule has 6 nitrogen and oxygen atoms in total. The van der Waals surface area contributed by atoms with Gasteiger partial charge in [-0.2, -0.15) is 8.78 Å². The number of para-hydroxylation sites is 1. The average molecular weight is 390 g/mol. The Kier molecular flexibility index (Phi) is 5.29. The third kappa shape index (κ3) is 4.01. The molecule has 2 aromatic carbocycles. The predicted octanol–water partition coefficient (Wildman–Crippen LogP) is 2.97. The Labute approximate surface area is 161 Å². The Morgan fingerprint density at radius 1 is 1.04 bits per heavy atom. The normalized spacial score (nSPS) is 16.5. The van der Waals surface area contributed by atoms with Gasteiger partial charge in [0.25, 0.3) is 5.91 Å². The lowest BCUT2D eigenvalue weighted by atomic mass is 10.1. The van der Waals surface area contributed by atoms with E-state index in [2.05, 4.69) is 9.64 Å². The molecule has 28 heavy (non-hydrogen) atoms. The van der Waals surface area contributed by atoms with E-state index in [1.165, 1.54) is 0 Å². The van der Waals surface area contributed by atoms with Crippen LogP contribution in [0.1, 0.15) is 15.9 Å². The molecule has 0 aromatic heterocycles. The molecular weight excluding hydrogens is 370 g/mol. The lowest BCUT2D eigenvalue weighted by Gasteiger charge is -2.35. The van der Waals surface area contributed by atoms with E-state index in [0.717, 1.165) is 0 Å². The van der Waals surface area contributed by atoms with Crippen LogP contribution in [0, 0.1) is 0 Å². The minimum absolute atomic E-state index is 0.0561. The molecule has 2 heterocycles. The van der Waals surface area contributed by atoms with Crippen molar-refractivity contribution in [1.82, 2.24) is 9.80 Å². The van der Waals surface area contributed by atoms with Gasteiger partial charge in [0.2, 0.25) is 6.79 Å². The van der Waals surface area contributed by atoms with Gasteiger partial charge < -0.3 is 19.1 Å². The summed E-state index contributed by atoms with van der Waals surface area (Å²) in [6.07, 6.45) is 0. The van der Waals surface area contributed by atoms with E-state index in [9.17, 15) is 13.6 Å². The molecule has 0 spiro atoms. The second-order valence-electron chi connectivity index (χ2n) is 6.62. The molecule has 2 aliphatic rings. The SMILES string of the molecule is O=C(c1ccc2c(c1)OCO2)N1CCN(Cc2ccccc2OC(F)F)CC1. The van der Waals surface area contributed by atoms with Crippen molar-refractivity contribution in [2.75, 3.05) is 33.0 Å². The Balaban J connectivity index is 1.35. The molecule has 0 bridgehead atoms. The zero-order valence-electron chi connectivity index (χ0n) is 15.1. The summed E-state index contributed by atoms with van der Waals surface area (Å²) in [6.45, 7) is 0.240. The summed E-state index contributed by atoms with van der Waals surface area (Å²) in [4.78, 5) is 16.7. The highest BCUT2D eigenvalue weighted by atomic mass is 19.3. The minimum Gasteiger partial charge on any atom is -0.454 e. The molecular formula is C20H20F2N2O4. The number of ether oxygens (including phenoxy) is 3. The summed E-state index contributed by atoms with van der Waals surface area (Å²) in [6, 6.07) is 12.0. The monoisotopic (exact) mass is 390 g/mol. The van der Waals surface area contributed by atoms with Gasteiger partial charge in [-0.3, -0.25) is 9.69 Å². The second kappa shape index (κ2) is 8.02. The van der Waals surface area contributed by atoms with Gasteiger partial charge in [-0.15, -0.1) is 0 Å². The van der Waals surface area contributed by atoms with Crippen LogP contribution < -0.4 is 14.2 Å². The van der Waals surface area contributed by atoms with E-state index in [4.69, 9.17) is 9.47 Å². The molecule has 2 aliphatic heterocycles. The molecule has 0 saturated carbocycles. The van der Waals surface area contributed by atoms with Crippen LogP contribution in [0.25, 0.3) is 0 Å². The van der Waals surface area contributed by atoms with E-state index >= 15 is 0 Å². The molecule has 0 unspecified atom stereocenters. The van der Waals surface area contributed by atoms with Crippen LogP contribution in [0.5, 0.6) is 17.2 Å². The zero-order valence-corrected chi connectivity index (χ0v) is 15.1. The number of carbonyl (C=O) groups is 1. The quantitative estimate of drug-likeness (QED) is 0.786. The van der Waals surface area contributed by atoms with E-state index < -0.39 is 6.61 Å². The van der Waals surface area contributed by atoms with E-state index in [-0.39, 0.29) is 18.4 Å². The summed E-state index contributed by atoms with van der Waals surface area (Å²) < 4.78 is 40.3. The first kappa shape index (κ1) is 18.5. The van der Waals surface area contributed by atoms with Crippen molar-refractivity contribution in [3.8, 4) is 17.2 Å². The van der Waals surface area contributed by atoms with Gasteiger partial charge in [-0.05, 0) is 24.3 Å².